The highest BCUT2D eigenvalue weighted by molar-refractivity contribution is 5.82. The summed E-state index contributed by atoms with van der Waals surface area (Å²) in [5.41, 5.74) is 2.81. The lowest BCUT2D eigenvalue weighted by atomic mass is 10.0. The van der Waals surface area contributed by atoms with Crippen LogP contribution in [0.25, 0.3) is 11.1 Å². The second-order valence-electron chi connectivity index (χ2n) is 8.14. The zero-order valence-corrected chi connectivity index (χ0v) is 16.9. The third-order valence-corrected chi connectivity index (χ3v) is 4.99. The summed E-state index contributed by atoms with van der Waals surface area (Å²) in [4.78, 5) is 15.2. The van der Waals surface area contributed by atoms with Crippen molar-refractivity contribution in [2.45, 2.75) is 39.0 Å². The van der Waals surface area contributed by atoms with Gasteiger partial charge in [0.05, 0.1) is 6.20 Å². The topological polar surface area (TPSA) is 67.5 Å². The Kier molecular flexibility index (Phi) is 5.01. The lowest BCUT2D eigenvalue weighted by Crippen LogP contribution is -2.53. The van der Waals surface area contributed by atoms with Gasteiger partial charge < -0.3 is 14.4 Å². The molecule has 6 heteroatoms. The van der Waals surface area contributed by atoms with Gasteiger partial charge in [-0.25, -0.2) is 0 Å². The van der Waals surface area contributed by atoms with Crippen LogP contribution >= 0.6 is 0 Å². The first kappa shape index (κ1) is 19.1. The fourth-order valence-corrected chi connectivity index (χ4v) is 3.35. The summed E-state index contributed by atoms with van der Waals surface area (Å²) in [6.45, 7) is 6.80. The predicted octanol–water partition coefficient (Wildman–Crippen LogP) is 4.04. The van der Waals surface area contributed by atoms with E-state index < -0.39 is 6.10 Å². The van der Waals surface area contributed by atoms with Crippen LogP contribution in [0.3, 0.4) is 0 Å². The smallest absolute Gasteiger partial charge is 0.268 e. The van der Waals surface area contributed by atoms with E-state index >= 15 is 0 Å². The summed E-state index contributed by atoms with van der Waals surface area (Å²) in [6.07, 6.45) is 2.99. The highest BCUT2D eigenvalue weighted by atomic mass is 16.6. The Labute approximate surface area is 170 Å². The minimum Gasteiger partial charge on any atom is -0.485 e. The fraction of sp³-hybridized carbons (Fsp3) is 0.304. The first-order valence-corrected chi connectivity index (χ1v) is 9.70. The predicted molar refractivity (Wildman–Crippen MR) is 111 cm³/mol. The standard InChI is InChI=1S/C23H25N3O3/c1-23(2,3)26(14-16-8-10-17(11-9-16)18-12-24-25-13-18)22(27)21-15-28-19-6-4-5-7-20(19)29-21/h4-13,21H,14-15H2,1-3H3,(H,24,25). The first-order chi connectivity index (χ1) is 13.9. The van der Waals surface area contributed by atoms with Crippen LogP contribution in [0.1, 0.15) is 26.3 Å². The molecule has 0 fully saturated rings. The van der Waals surface area contributed by atoms with Crippen molar-refractivity contribution in [1.29, 1.82) is 0 Å². The van der Waals surface area contributed by atoms with Crippen molar-refractivity contribution < 1.29 is 14.3 Å². The van der Waals surface area contributed by atoms with Crippen LogP contribution in [-0.2, 0) is 11.3 Å². The Balaban J connectivity index is 1.52. The van der Waals surface area contributed by atoms with E-state index in [1.165, 1.54) is 0 Å². The summed E-state index contributed by atoms with van der Waals surface area (Å²) in [6, 6.07) is 15.6. The molecule has 150 valence electrons. The van der Waals surface area contributed by atoms with E-state index in [2.05, 4.69) is 10.2 Å². The van der Waals surface area contributed by atoms with Crippen molar-refractivity contribution in [2.75, 3.05) is 6.61 Å². The molecular weight excluding hydrogens is 366 g/mol. The molecule has 0 aliphatic carbocycles. The molecule has 0 saturated heterocycles. The van der Waals surface area contributed by atoms with E-state index in [1.54, 1.807) is 6.20 Å². The SMILES string of the molecule is CC(C)(C)N(Cc1ccc(-c2cn[nH]c2)cc1)C(=O)C1COc2ccccc2O1. The van der Waals surface area contributed by atoms with E-state index in [4.69, 9.17) is 9.47 Å². The molecule has 1 amide bonds. The van der Waals surface area contributed by atoms with E-state index in [9.17, 15) is 4.79 Å². The third-order valence-electron chi connectivity index (χ3n) is 4.99. The maximum atomic E-state index is 13.3. The number of hydrogen-bond donors (Lipinski definition) is 1. The van der Waals surface area contributed by atoms with Crippen molar-refractivity contribution >= 4 is 5.91 Å². The van der Waals surface area contributed by atoms with Gasteiger partial charge in [-0.15, -0.1) is 0 Å². The Hall–Kier alpha value is -3.28. The number of amides is 1. The van der Waals surface area contributed by atoms with Crippen LogP contribution in [0.5, 0.6) is 11.5 Å². The number of aromatic amines is 1. The molecule has 0 spiro atoms. The van der Waals surface area contributed by atoms with Gasteiger partial charge in [-0.1, -0.05) is 36.4 Å². The van der Waals surface area contributed by atoms with Gasteiger partial charge in [0.1, 0.15) is 6.61 Å². The highest BCUT2D eigenvalue weighted by Gasteiger charge is 2.35. The number of ether oxygens (including phenoxy) is 2. The summed E-state index contributed by atoms with van der Waals surface area (Å²) < 4.78 is 11.7. The molecule has 6 nitrogen and oxygen atoms in total. The Morgan fingerprint density at radius 3 is 2.48 bits per heavy atom. The zero-order chi connectivity index (χ0) is 20.4. The molecule has 1 aromatic heterocycles. The van der Waals surface area contributed by atoms with Crippen molar-refractivity contribution in [1.82, 2.24) is 15.1 Å². The molecule has 29 heavy (non-hydrogen) atoms. The van der Waals surface area contributed by atoms with Gasteiger partial charge in [-0.2, -0.15) is 5.10 Å². The van der Waals surface area contributed by atoms with E-state index in [0.717, 1.165) is 16.7 Å². The van der Waals surface area contributed by atoms with Crippen LogP contribution in [0, 0.1) is 0 Å². The van der Waals surface area contributed by atoms with E-state index in [0.29, 0.717) is 18.0 Å². The summed E-state index contributed by atoms with van der Waals surface area (Å²) >= 11 is 0. The maximum absolute atomic E-state index is 13.3. The normalized spacial score (nSPS) is 15.8. The second-order valence-corrected chi connectivity index (χ2v) is 8.14. The van der Waals surface area contributed by atoms with Gasteiger partial charge in [0.15, 0.2) is 11.5 Å². The van der Waals surface area contributed by atoms with E-state index in [-0.39, 0.29) is 18.1 Å². The zero-order valence-electron chi connectivity index (χ0n) is 16.9. The number of para-hydroxylation sites is 2. The number of H-pyrrole nitrogens is 1. The lowest BCUT2D eigenvalue weighted by Gasteiger charge is -2.39. The number of benzene rings is 2. The van der Waals surface area contributed by atoms with Crippen LogP contribution in [0.15, 0.2) is 60.9 Å². The molecule has 0 saturated carbocycles. The van der Waals surface area contributed by atoms with Gasteiger partial charge in [0.2, 0.25) is 6.10 Å². The van der Waals surface area contributed by atoms with Crippen molar-refractivity contribution in [2.24, 2.45) is 0 Å². The number of fused-ring (bicyclic) bond motifs is 1. The molecule has 1 aliphatic heterocycles. The van der Waals surface area contributed by atoms with Gasteiger partial charge in [0.25, 0.3) is 5.91 Å². The van der Waals surface area contributed by atoms with Crippen LogP contribution in [-0.4, -0.2) is 39.3 Å². The number of nitrogens with zero attached hydrogens (tertiary/aromatic N) is 2. The molecule has 4 rings (SSSR count). The molecule has 0 bridgehead atoms. The van der Waals surface area contributed by atoms with Gasteiger partial charge >= 0.3 is 0 Å². The molecular formula is C23H25N3O3. The quantitative estimate of drug-likeness (QED) is 0.729. The molecule has 1 unspecified atom stereocenters. The number of carbonyl (C=O) groups is 1. The molecule has 1 atom stereocenters. The Morgan fingerprint density at radius 1 is 1.10 bits per heavy atom. The fourth-order valence-electron chi connectivity index (χ4n) is 3.35. The van der Waals surface area contributed by atoms with Gasteiger partial charge in [0, 0.05) is 23.8 Å². The average Bonchev–Trinajstić information content (AvgIpc) is 3.25. The summed E-state index contributed by atoms with van der Waals surface area (Å²) in [5.74, 6) is 1.20. The lowest BCUT2D eigenvalue weighted by molar-refractivity contribution is -0.147. The monoisotopic (exact) mass is 391 g/mol. The largest absolute Gasteiger partial charge is 0.485 e. The number of rotatable bonds is 4. The number of aromatic nitrogens is 2. The third kappa shape index (κ3) is 4.11. The molecule has 2 heterocycles. The van der Waals surface area contributed by atoms with Crippen LogP contribution in [0.4, 0.5) is 0 Å². The number of carbonyl (C=O) groups excluding carboxylic acids is 1. The number of nitrogens with one attached hydrogen (secondary N) is 1. The van der Waals surface area contributed by atoms with Crippen molar-refractivity contribution in [3.05, 3.63) is 66.5 Å². The van der Waals surface area contributed by atoms with Crippen LogP contribution in [0.2, 0.25) is 0 Å². The molecule has 2 aromatic carbocycles. The van der Waals surface area contributed by atoms with Crippen LogP contribution < -0.4 is 9.47 Å². The van der Waals surface area contributed by atoms with Gasteiger partial charge in [-0.3, -0.25) is 9.89 Å². The molecule has 0 radical (unpaired) electrons. The Morgan fingerprint density at radius 2 is 1.83 bits per heavy atom. The summed E-state index contributed by atoms with van der Waals surface area (Å²) in [7, 11) is 0. The minimum absolute atomic E-state index is 0.0779. The van der Waals surface area contributed by atoms with E-state index in [1.807, 2.05) is 80.4 Å². The maximum Gasteiger partial charge on any atom is 0.268 e. The average molecular weight is 391 g/mol. The number of hydrogen-bond acceptors (Lipinski definition) is 4. The summed E-state index contributed by atoms with van der Waals surface area (Å²) in [5, 5.41) is 6.81. The van der Waals surface area contributed by atoms with Crippen molar-refractivity contribution in [3.8, 4) is 22.6 Å². The second kappa shape index (κ2) is 7.62. The minimum atomic E-state index is -0.658. The molecule has 1 aliphatic rings. The molecule has 1 N–H and O–H groups in total. The molecule has 3 aromatic rings. The van der Waals surface area contributed by atoms with Gasteiger partial charge in [-0.05, 0) is 44.0 Å². The highest BCUT2D eigenvalue weighted by Crippen LogP contribution is 2.32. The van der Waals surface area contributed by atoms with Crippen molar-refractivity contribution in [3.63, 3.8) is 0 Å². The first-order valence-electron chi connectivity index (χ1n) is 9.70. The Bertz CT molecular complexity index is 975.